The Labute approximate surface area is 98.5 Å². The molecule has 0 spiro atoms. The molecule has 78 valence electrons. The van der Waals surface area contributed by atoms with Crippen molar-refractivity contribution in [1.29, 1.82) is 0 Å². The van der Waals surface area contributed by atoms with Crippen molar-refractivity contribution >= 4 is 13.6 Å². The first-order chi connectivity index (χ1) is 6.43. The van der Waals surface area contributed by atoms with Crippen LogP contribution in [0.1, 0.15) is 19.8 Å². The average molecular weight is 367 g/mol. The van der Waals surface area contributed by atoms with Crippen molar-refractivity contribution in [3.63, 3.8) is 0 Å². The number of rotatable bonds is 1. The van der Waals surface area contributed by atoms with Crippen LogP contribution in [0, 0.1) is 11.0 Å². The summed E-state index contributed by atoms with van der Waals surface area (Å²) >= 11 is 0. The van der Waals surface area contributed by atoms with Gasteiger partial charge < -0.3 is 20.1 Å². The molecule has 0 atom stereocenters. The molecule has 0 saturated heterocycles. The van der Waals surface area contributed by atoms with Gasteiger partial charge in [0.2, 0.25) is 0 Å². The van der Waals surface area contributed by atoms with Crippen LogP contribution in [0.2, 0.25) is 0 Å². The summed E-state index contributed by atoms with van der Waals surface area (Å²) in [7, 11) is 0. The molecule has 0 saturated carbocycles. The molecule has 5 heteroatoms. The summed E-state index contributed by atoms with van der Waals surface area (Å²) < 4.78 is 0. The minimum Gasteiger partial charge on any atom is -0.577 e. The van der Waals surface area contributed by atoms with Crippen LogP contribution in [0.25, 0.3) is 5.59 Å². The Hall–Kier alpha value is -0.892. The SMILES string of the molecule is C=O.C=O.CCC1=[C-]CC=C1.[N-]=O.[W+2]. The third-order valence-corrected chi connectivity index (χ3v) is 1.15. The van der Waals surface area contributed by atoms with Crippen LogP contribution in [0.5, 0.6) is 0 Å². The van der Waals surface area contributed by atoms with Gasteiger partial charge in [-0.05, 0) is 0 Å². The molecule has 4 nitrogen and oxygen atoms in total. The summed E-state index contributed by atoms with van der Waals surface area (Å²) in [4.78, 5) is 23.2. The van der Waals surface area contributed by atoms with Crippen LogP contribution in [0.4, 0.5) is 0 Å². The largest absolute Gasteiger partial charge is 2.00 e. The van der Waals surface area contributed by atoms with Gasteiger partial charge in [0.1, 0.15) is 13.6 Å². The molecule has 0 N–H and O–H groups in total. The minimum absolute atomic E-state index is 0. The van der Waals surface area contributed by atoms with Gasteiger partial charge in [-0.1, -0.05) is 13.3 Å². The van der Waals surface area contributed by atoms with Crippen LogP contribution in [0.3, 0.4) is 0 Å². The second-order valence-electron chi connectivity index (χ2n) is 1.66. The van der Waals surface area contributed by atoms with Gasteiger partial charge in [0.15, 0.2) is 0 Å². The standard InChI is InChI=1S/C7H9.2CH2O.NO.W/c1-2-7-5-3-4-6-7;3*1-2;/h3,5H,2,4H2,1H3;2*1H2;;/q-1;;;-1;+2. The van der Waals surface area contributed by atoms with Crippen LogP contribution in [-0.4, -0.2) is 13.6 Å². The Morgan fingerprint density at radius 1 is 1.36 bits per heavy atom. The molecular formula is C9H13NO3W. The number of carbonyl (C=O) groups excluding carboxylic acids is 2. The van der Waals surface area contributed by atoms with Gasteiger partial charge in [0, 0.05) is 0 Å². The molecule has 0 aromatic rings. The molecule has 0 radical (unpaired) electrons. The number of hydrogen-bond donors (Lipinski definition) is 0. The van der Waals surface area contributed by atoms with Crippen molar-refractivity contribution in [3.05, 3.63) is 34.3 Å². The molecule has 1 rings (SSSR count). The maximum atomic E-state index is 8.00. The molecule has 1 aliphatic rings. The maximum absolute atomic E-state index is 8.00. The number of nitroso groups, excluding NO2 is 1. The van der Waals surface area contributed by atoms with Crippen molar-refractivity contribution in [1.82, 2.24) is 0 Å². The van der Waals surface area contributed by atoms with Gasteiger partial charge in [-0.3, -0.25) is 6.08 Å². The molecule has 0 aliphatic heterocycles. The van der Waals surface area contributed by atoms with E-state index in [2.05, 4.69) is 25.2 Å². The molecule has 0 amide bonds. The Morgan fingerprint density at radius 2 is 1.79 bits per heavy atom. The topological polar surface area (TPSA) is 73.5 Å². The second-order valence-corrected chi connectivity index (χ2v) is 1.66. The predicted octanol–water partition coefficient (Wildman–Crippen LogP) is 2.04. The number of nitrogens with zero attached hydrogens (tertiary/aromatic N) is 1. The molecule has 0 bridgehead atoms. The quantitative estimate of drug-likeness (QED) is 0.666. The van der Waals surface area contributed by atoms with Gasteiger partial charge in [-0.25, -0.2) is 11.6 Å². The average Bonchev–Trinajstić information content (AvgIpc) is 2.79. The van der Waals surface area contributed by atoms with E-state index < -0.39 is 0 Å². The van der Waals surface area contributed by atoms with E-state index in [0.29, 0.717) is 0 Å². The third kappa shape index (κ3) is 17.3. The first-order valence-electron chi connectivity index (χ1n) is 3.45. The molecule has 14 heavy (non-hydrogen) atoms. The smallest absolute Gasteiger partial charge is 0.577 e. The first-order valence-corrected chi connectivity index (χ1v) is 3.45. The summed E-state index contributed by atoms with van der Waals surface area (Å²) in [5, 5.41) is 0. The van der Waals surface area contributed by atoms with Gasteiger partial charge in [-0.2, -0.15) is 6.08 Å². The molecule has 1 aliphatic carbocycles. The van der Waals surface area contributed by atoms with Crippen molar-refractivity contribution in [2.75, 3.05) is 0 Å². The van der Waals surface area contributed by atoms with Crippen molar-refractivity contribution in [2.45, 2.75) is 19.8 Å². The monoisotopic (exact) mass is 367 g/mol. The van der Waals surface area contributed by atoms with Crippen LogP contribution >= 0.6 is 0 Å². The summed E-state index contributed by atoms with van der Waals surface area (Å²) in [6, 6.07) is 0. The zero-order valence-electron chi connectivity index (χ0n) is 8.06. The zero-order chi connectivity index (χ0) is 11.1. The zero-order valence-corrected chi connectivity index (χ0v) is 11.0. The molecule has 0 aromatic carbocycles. The first kappa shape index (κ1) is 23.2. The number of carbonyl (C=O) groups is 2. The normalized spacial score (nSPS) is 9.64. The summed E-state index contributed by atoms with van der Waals surface area (Å²) in [5.74, 6) is 0. The fraction of sp³-hybridized carbons (Fsp3) is 0.333. The molecule has 0 fully saturated rings. The summed E-state index contributed by atoms with van der Waals surface area (Å²) in [6.07, 6.45) is 9.65. The maximum Gasteiger partial charge on any atom is 2.00 e. The van der Waals surface area contributed by atoms with Crippen molar-refractivity contribution in [3.8, 4) is 0 Å². The van der Waals surface area contributed by atoms with Crippen LogP contribution in [0.15, 0.2) is 17.7 Å². The number of allylic oxidation sites excluding steroid dienone is 4. The van der Waals surface area contributed by atoms with E-state index in [1.165, 1.54) is 5.57 Å². The van der Waals surface area contributed by atoms with E-state index in [1.54, 1.807) is 0 Å². The van der Waals surface area contributed by atoms with Gasteiger partial charge >= 0.3 is 21.1 Å². The van der Waals surface area contributed by atoms with Crippen LogP contribution < -0.4 is 0 Å². The second kappa shape index (κ2) is 29.6. The Bertz CT molecular complexity index is 155. The number of hydrogen-bond acceptors (Lipinski definition) is 3. The Kier molecular flexibility index (Phi) is 48.9. The fourth-order valence-electron chi connectivity index (χ4n) is 0.693. The molecule has 0 aromatic heterocycles. The van der Waals surface area contributed by atoms with Gasteiger partial charge in [0.05, 0.1) is 0 Å². The van der Waals surface area contributed by atoms with E-state index >= 15 is 0 Å². The summed E-state index contributed by atoms with van der Waals surface area (Å²) in [5.41, 5.74) is 7.11. The third-order valence-electron chi connectivity index (χ3n) is 1.15. The van der Waals surface area contributed by atoms with Gasteiger partial charge in [0.25, 0.3) is 0 Å². The van der Waals surface area contributed by atoms with E-state index in [-0.39, 0.29) is 21.1 Å². The molecule has 0 heterocycles. The Morgan fingerprint density at radius 3 is 1.93 bits per heavy atom. The van der Waals surface area contributed by atoms with E-state index in [4.69, 9.17) is 20.1 Å². The fourth-order valence-corrected chi connectivity index (χ4v) is 0.693. The molecular weight excluding hydrogens is 354 g/mol. The van der Waals surface area contributed by atoms with E-state index in [0.717, 1.165) is 12.8 Å². The van der Waals surface area contributed by atoms with Crippen molar-refractivity contribution in [2.24, 2.45) is 0 Å². The Balaban J connectivity index is -0.0000000625. The van der Waals surface area contributed by atoms with Gasteiger partial charge in [-0.15, -0.1) is 6.42 Å². The van der Waals surface area contributed by atoms with Crippen LogP contribution in [-0.2, 0) is 30.7 Å². The van der Waals surface area contributed by atoms with Crippen molar-refractivity contribution < 1.29 is 30.7 Å². The molecule has 0 unspecified atom stereocenters. The van der Waals surface area contributed by atoms with E-state index in [1.807, 2.05) is 13.6 Å². The van der Waals surface area contributed by atoms with E-state index in [9.17, 15) is 0 Å². The summed E-state index contributed by atoms with van der Waals surface area (Å²) in [6.45, 7) is 6.15. The minimum atomic E-state index is 0. The predicted molar refractivity (Wildman–Crippen MR) is 51.8 cm³/mol.